The van der Waals surface area contributed by atoms with Gasteiger partial charge in [0.1, 0.15) is 0 Å². The first-order valence-electron chi connectivity index (χ1n) is 8.02. The number of nitrogens with zero attached hydrogens (tertiary/aromatic N) is 6. The molecule has 1 atom stereocenters. The molecule has 3 heterocycles. The molecule has 1 aliphatic heterocycles. The largest absolute Gasteiger partial charge is 0.339 e. The van der Waals surface area contributed by atoms with Gasteiger partial charge < -0.3 is 4.90 Å². The van der Waals surface area contributed by atoms with Gasteiger partial charge in [0.25, 0.3) is 0 Å². The average molecular weight is 300 g/mol. The quantitative estimate of drug-likeness (QED) is 0.843. The molecule has 0 bridgehead atoms. The van der Waals surface area contributed by atoms with Gasteiger partial charge in [0.2, 0.25) is 5.95 Å². The number of hydrogen-bond donors (Lipinski definition) is 0. The molecule has 1 saturated heterocycles. The predicted molar refractivity (Wildman–Crippen MR) is 87.8 cm³/mol. The van der Waals surface area contributed by atoms with Crippen molar-refractivity contribution < 1.29 is 0 Å². The van der Waals surface area contributed by atoms with Crippen molar-refractivity contribution in [2.75, 3.05) is 31.1 Å². The van der Waals surface area contributed by atoms with Gasteiger partial charge in [0.05, 0.1) is 11.9 Å². The van der Waals surface area contributed by atoms with E-state index in [9.17, 15) is 0 Å². The van der Waals surface area contributed by atoms with Gasteiger partial charge in [0, 0.05) is 44.1 Å². The standard InChI is InChI=1S/C16H24N6/c1-4-21(5-2)14-7-9-22(12-14)16-17-8-6-15(19-16)13-10-18-20(3)11-13/h6,8,10-11,14H,4-5,7,9,12H2,1-3H3. The maximum Gasteiger partial charge on any atom is 0.225 e. The first-order valence-corrected chi connectivity index (χ1v) is 8.02. The fraction of sp³-hybridized carbons (Fsp3) is 0.562. The minimum atomic E-state index is 0.612. The van der Waals surface area contributed by atoms with Crippen LogP contribution in [0.2, 0.25) is 0 Å². The second-order valence-electron chi connectivity index (χ2n) is 5.75. The second kappa shape index (κ2) is 6.44. The summed E-state index contributed by atoms with van der Waals surface area (Å²) in [6.45, 7) is 8.70. The Labute approximate surface area is 131 Å². The van der Waals surface area contributed by atoms with Crippen LogP contribution in [0.1, 0.15) is 20.3 Å². The van der Waals surface area contributed by atoms with E-state index >= 15 is 0 Å². The predicted octanol–water partition coefficient (Wildman–Crippen LogP) is 1.80. The van der Waals surface area contributed by atoms with Crippen LogP contribution < -0.4 is 4.90 Å². The lowest BCUT2D eigenvalue weighted by molar-refractivity contribution is 0.232. The summed E-state index contributed by atoms with van der Waals surface area (Å²) in [5.41, 5.74) is 1.97. The second-order valence-corrected chi connectivity index (χ2v) is 5.75. The van der Waals surface area contributed by atoms with Crippen molar-refractivity contribution in [3.8, 4) is 11.3 Å². The topological polar surface area (TPSA) is 50.1 Å². The van der Waals surface area contributed by atoms with Gasteiger partial charge >= 0.3 is 0 Å². The highest BCUT2D eigenvalue weighted by Gasteiger charge is 2.27. The highest BCUT2D eigenvalue weighted by molar-refractivity contribution is 5.58. The molecular weight excluding hydrogens is 276 g/mol. The number of likely N-dealkylation sites (N-methyl/N-ethyl adjacent to an activating group) is 1. The molecule has 3 rings (SSSR count). The Morgan fingerprint density at radius 3 is 2.82 bits per heavy atom. The van der Waals surface area contributed by atoms with E-state index in [0.29, 0.717) is 6.04 Å². The van der Waals surface area contributed by atoms with E-state index in [-0.39, 0.29) is 0 Å². The third kappa shape index (κ3) is 2.97. The van der Waals surface area contributed by atoms with Crippen LogP contribution >= 0.6 is 0 Å². The smallest absolute Gasteiger partial charge is 0.225 e. The maximum absolute atomic E-state index is 4.73. The number of hydrogen-bond acceptors (Lipinski definition) is 5. The molecule has 0 aliphatic carbocycles. The Morgan fingerprint density at radius 2 is 2.14 bits per heavy atom. The summed E-state index contributed by atoms with van der Waals surface area (Å²) in [5, 5.41) is 4.21. The molecule has 0 spiro atoms. The molecule has 2 aromatic rings. The van der Waals surface area contributed by atoms with Gasteiger partial charge in [0.15, 0.2) is 0 Å². The lowest BCUT2D eigenvalue weighted by Gasteiger charge is -2.26. The third-order valence-corrected chi connectivity index (χ3v) is 4.42. The molecule has 6 nitrogen and oxygen atoms in total. The molecule has 22 heavy (non-hydrogen) atoms. The van der Waals surface area contributed by atoms with Gasteiger partial charge in [-0.1, -0.05) is 13.8 Å². The van der Waals surface area contributed by atoms with E-state index < -0.39 is 0 Å². The van der Waals surface area contributed by atoms with Crippen molar-refractivity contribution >= 4 is 5.95 Å². The minimum Gasteiger partial charge on any atom is -0.339 e. The molecule has 0 aromatic carbocycles. The van der Waals surface area contributed by atoms with Crippen molar-refractivity contribution in [2.45, 2.75) is 26.3 Å². The van der Waals surface area contributed by atoms with Crippen molar-refractivity contribution in [3.05, 3.63) is 24.7 Å². The van der Waals surface area contributed by atoms with Gasteiger partial charge in [-0.05, 0) is 25.6 Å². The Bertz CT molecular complexity index is 619. The van der Waals surface area contributed by atoms with Crippen LogP contribution in [0.4, 0.5) is 5.95 Å². The van der Waals surface area contributed by atoms with Gasteiger partial charge in [-0.3, -0.25) is 9.58 Å². The normalized spacial score (nSPS) is 18.4. The molecule has 1 aliphatic rings. The summed E-state index contributed by atoms with van der Waals surface area (Å²) >= 11 is 0. The Balaban J connectivity index is 1.76. The van der Waals surface area contributed by atoms with Crippen molar-refractivity contribution in [1.29, 1.82) is 0 Å². The minimum absolute atomic E-state index is 0.612. The zero-order valence-electron chi connectivity index (χ0n) is 13.6. The van der Waals surface area contributed by atoms with Gasteiger partial charge in [-0.25, -0.2) is 9.97 Å². The zero-order valence-corrected chi connectivity index (χ0v) is 13.6. The first kappa shape index (κ1) is 15.0. The third-order valence-electron chi connectivity index (χ3n) is 4.42. The van der Waals surface area contributed by atoms with Crippen LogP contribution in [0.3, 0.4) is 0 Å². The number of rotatable bonds is 5. The van der Waals surface area contributed by atoms with Gasteiger partial charge in [-0.15, -0.1) is 0 Å². The van der Waals surface area contributed by atoms with Crippen LogP contribution in [-0.2, 0) is 7.05 Å². The zero-order chi connectivity index (χ0) is 15.5. The Hall–Kier alpha value is -1.95. The summed E-state index contributed by atoms with van der Waals surface area (Å²) in [6, 6.07) is 2.55. The molecule has 0 amide bonds. The molecule has 6 heteroatoms. The Morgan fingerprint density at radius 1 is 1.32 bits per heavy atom. The molecule has 2 aromatic heterocycles. The van der Waals surface area contributed by atoms with Crippen LogP contribution in [0, 0.1) is 0 Å². The summed E-state index contributed by atoms with van der Waals surface area (Å²) in [7, 11) is 1.92. The Kier molecular flexibility index (Phi) is 4.38. The number of anilines is 1. The summed E-state index contributed by atoms with van der Waals surface area (Å²) in [5.74, 6) is 0.830. The average Bonchev–Trinajstić information content (AvgIpc) is 3.18. The van der Waals surface area contributed by atoms with E-state index in [0.717, 1.165) is 43.4 Å². The monoisotopic (exact) mass is 300 g/mol. The van der Waals surface area contributed by atoms with Crippen molar-refractivity contribution in [2.24, 2.45) is 7.05 Å². The summed E-state index contributed by atoms with van der Waals surface area (Å²) in [6.07, 6.45) is 6.85. The molecule has 1 fully saturated rings. The van der Waals surface area contributed by atoms with Crippen molar-refractivity contribution in [3.63, 3.8) is 0 Å². The first-order chi connectivity index (χ1) is 10.7. The highest BCUT2D eigenvalue weighted by atomic mass is 15.3. The summed E-state index contributed by atoms with van der Waals surface area (Å²) < 4.78 is 1.80. The fourth-order valence-electron chi connectivity index (χ4n) is 3.18. The van der Waals surface area contributed by atoms with E-state index in [1.54, 1.807) is 4.68 Å². The number of aryl methyl sites for hydroxylation is 1. The maximum atomic E-state index is 4.73. The van der Waals surface area contributed by atoms with E-state index in [2.05, 4.69) is 33.7 Å². The fourth-order valence-corrected chi connectivity index (χ4v) is 3.18. The molecule has 1 unspecified atom stereocenters. The van der Waals surface area contributed by atoms with Crippen LogP contribution in [0.25, 0.3) is 11.3 Å². The number of aromatic nitrogens is 4. The lowest BCUT2D eigenvalue weighted by Crippen LogP contribution is -2.37. The SMILES string of the molecule is CCN(CC)C1CCN(c2nccc(-c3cnn(C)c3)n2)C1. The molecule has 118 valence electrons. The van der Waals surface area contributed by atoms with Crippen LogP contribution in [0.5, 0.6) is 0 Å². The highest BCUT2D eigenvalue weighted by Crippen LogP contribution is 2.22. The van der Waals surface area contributed by atoms with Crippen LogP contribution in [-0.4, -0.2) is 56.9 Å². The molecule has 0 radical (unpaired) electrons. The van der Waals surface area contributed by atoms with E-state index in [1.807, 2.05) is 31.7 Å². The van der Waals surface area contributed by atoms with Crippen molar-refractivity contribution in [1.82, 2.24) is 24.6 Å². The van der Waals surface area contributed by atoms with E-state index in [4.69, 9.17) is 4.98 Å². The van der Waals surface area contributed by atoms with E-state index in [1.165, 1.54) is 6.42 Å². The van der Waals surface area contributed by atoms with Crippen LogP contribution in [0.15, 0.2) is 24.7 Å². The molecular formula is C16H24N6. The van der Waals surface area contributed by atoms with Gasteiger partial charge in [-0.2, -0.15) is 5.10 Å². The summed E-state index contributed by atoms with van der Waals surface area (Å²) in [4.78, 5) is 14.0. The molecule has 0 N–H and O–H groups in total. The lowest BCUT2D eigenvalue weighted by atomic mass is 10.2. The molecule has 0 saturated carbocycles.